The molecule has 144 valence electrons. The van der Waals surface area contributed by atoms with Crippen LogP contribution < -0.4 is 10.6 Å². The van der Waals surface area contributed by atoms with Crippen molar-refractivity contribution in [3.8, 4) is 0 Å². The minimum Gasteiger partial charge on any atom is -0.399 e. The first kappa shape index (κ1) is 18.3. The molecule has 2 aromatic rings. The van der Waals surface area contributed by atoms with Crippen LogP contribution in [-0.2, 0) is 5.54 Å². The van der Waals surface area contributed by atoms with Crippen LogP contribution in [0.5, 0.6) is 0 Å². The van der Waals surface area contributed by atoms with Gasteiger partial charge < -0.3 is 10.6 Å². The van der Waals surface area contributed by atoms with Gasteiger partial charge in [-0.25, -0.2) is 4.39 Å². The number of hydrogen-bond donors (Lipinski definition) is 1. The molecular weight excluding hydrogens is 337 g/mol. The summed E-state index contributed by atoms with van der Waals surface area (Å²) in [5.74, 6) is 0.633. The summed E-state index contributed by atoms with van der Waals surface area (Å²) in [6.45, 7) is 6.38. The summed E-state index contributed by atoms with van der Waals surface area (Å²) in [4.78, 5) is 5.06. The van der Waals surface area contributed by atoms with Crippen LogP contribution in [0.15, 0.2) is 48.5 Å². The molecule has 0 spiro atoms. The lowest BCUT2D eigenvalue weighted by Gasteiger charge is -2.51. The van der Waals surface area contributed by atoms with Gasteiger partial charge in [0.25, 0.3) is 0 Å². The summed E-state index contributed by atoms with van der Waals surface area (Å²) in [6.07, 6.45) is 4.95. The normalized spacial score (nSPS) is 26.9. The maximum atomic E-state index is 13.2. The summed E-state index contributed by atoms with van der Waals surface area (Å²) in [7, 11) is 0. The molecule has 0 unspecified atom stereocenters. The fourth-order valence-corrected chi connectivity index (χ4v) is 4.90. The fraction of sp³-hybridized carbons (Fsp3) is 0.478. The lowest BCUT2D eigenvalue weighted by molar-refractivity contribution is 0.0299. The summed E-state index contributed by atoms with van der Waals surface area (Å²) in [6, 6.07) is 15.4. The molecule has 1 saturated heterocycles. The van der Waals surface area contributed by atoms with Crippen LogP contribution in [0, 0.1) is 11.7 Å². The number of rotatable bonds is 3. The molecule has 0 amide bonds. The molecule has 3 nitrogen and oxygen atoms in total. The zero-order chi connectivity index (χ0) is 18.9. The van der Waals surface area contributed by atoms with Crippen molar-refractivity contribution in [2.24, 2.45) is 5.92 Å². The predicted molar refractivity (Wildman–Crippen MR) is 110 cm³/mol. The predicted octanol–water partition coefficient (Wildman–Crippen LogP) is 4.64. The third-order valence-electron chi connectivity index (χ3n) is 6.60. The minimum atomic E-state index is -0.172. The Hall–Kier alpha value is -2.07. The van der Waals surface area contributed by atoms with Gasteiger partial charge in [-0.1, -0.05) is 19.1 Å². The molecule has 0 aromatic heterocycles. The SMILES string of the molecule is CC1CCC(c2cccc(N)c2)(N2CCN(c3ccc(F)cc3)CC2)CC1. The summed E-state index contributed by atoms with van der Waals surface area (Å²) >= 11 is 0. The topological polar surface area (TPSA) is 32.5 Å². The highest BCUT2D eigenvalue weighted by Crippen LogP contribution is 2.45. The molecule has 0 bridgehead atoms. The van der Waals surface area contributed by atoms with Crippen molar-refractivity contribution in [2.45, 2.75) is 38.1 Å². The monoisotopic (exact) mass is 367 g/mol. The molecule has 1 saturated carbocycles. The second-order valence-electron chi connectivity index (χ2n) is 8.29. The first-order valence-corrected chi connectivity index (χ1v) is 10.2. The van der Waals surface area contributed by atoms with Gasteiger partial charge in [-0.05, 0) is 73.6 Å². The minimum absolute atomic E-state index is 0.108. The van der Waals surface area contributed by atoms with Gasteiger partial charge in [0.05, 0.1) is 0 Å². The Morgan fingerprint density at radius 2 is 1.63 bits per heavy atom. The highest BCUT2D eigenvalue weighted by atomic mass is 19.1. The number of nitrogen functional groups attached to an aromatic ring is 1. The third kappa shape index (κ3) is 3.68. The molecule has 1 aliphatic carbocycles. The molecule has 0 radical (unpaired) electrons. The lowest BCUT2D eigenvalue weighted by atomic mass is 9.71. The van der Waals surface area contributed by atoms with E-state index < -0.39 is 0 Å². The number of halogens is 1. The molecule has 2 N–H and O–H groups in total. The van der Waals surface area contributed by atoms with Crippen molar-refractivity contribution in [3.05, 3.63) is 59.9 Å². The van der Waals surface area contributed by atoms with E-state index in [0.29, 0.717) is 0 Å². The van der Waals surface area contributed by atoms with Crippen molar-refractivity contribution >= 4 is 11.4 Å². The number of nitrogens with zero attached hydrogens (tertiary/aromatic N) is 2. The Kier molecular flexibility index (Phi) is 5.09. The fourth-order valence-electron chi connectivity index (χ4n) is 4.90. The summed E-state index contributed by atoms with van der Waals surface area (Å²) in [5.41, 5.74) is 9.59. The molecule has 1 heterocycles. The number of piperazine rings is 1. The molecular formula is C23H30FN3. The van der Waals surface area contributed by atoms with E-state index in [1.165, 1.54) is 31.2 Å². The standard InChI is InChI=1S/C23H30FN3/c1-18-9-11-23(12-10-18,19-3-2-4-21(25)17-19)27-15-13-26(14-16-27)22-7-5-20(24)6-8-22/h2-8,17-18H,9-16,25H2,1H3. The molecule has 4 heteroatoms. The van der Waals surface area contributed by atoms with Crippen LogP contribution in [0.4, 0.5) is 15.8 Å². The first-order chi connectivity index (χ1) is 13.1. The van der Waals surface area contributed by atoms with Gasteiger partial charge in [0.2, 0.25) is 0 Å². The van der Waals surface area contributed by atoms with Gasteiger partial charge in [-0.2, -0.15) is 0 Å². The van der Waals surface area contributed by atoms with E-state index in [0.717, 1.165) is 43.5 Å². The Morgan fingerprint density at radius 1 is 0.963 bits per heavy atom. The van der Waals surface area contributed by atoms with Gasteiger partial charge in [-0.3, -0.25) is 4.90 Å². The highest BCUT2D eigenvalue weighted by Gasteiger charge is 2.42. The molecule has 2 aliphatic rings. The van der Waals surface area contributed by atoms with Crippen molar-refractivity contribution < 1.29 is 4.39 Å². The number of anilines is 2. The Bertz CT molecular complexity index is 757. The Balaban J connectivity index is 1.54. The third-order valence-corrected chi connectivity index (χ3v) is 6.60. The molecule has 4 rings (SSSR count). The first-order valence-electron chi connectivity index (χ1n) is 10.2. The number of nitrogens with two attached hydrogens (primary N) is 1. The smallest absolute Gasteiger partial charge is 0.123 e. The van der Waals surface area contributed by atoms with E-state index >= 15 is 0 Å². The molecule has 2 aromatic carbocycles. The Morgan fingerprint density at radius 3 is 2.26 bits per heavy atom. The molecule has 27 heavy (non-hydrogen) atoms. The van der Waals surface area contributed by atoms with E-state index in [4.69, 9.17) is 5.73 Å². The van der Waals surface area contributed by atoms with Gasteiger partial charge in [0.1, 0.15) is 5.82 Å². The van der Waals surface area contributed by atoms with Crippen LogP contribution in [0.25, 0.3) is 0 Å². The van der Waals surface area contributed by atoms with E-state index in [2.05, 4.69) is 34.9 Å². The largest absolute Gasteiger partial charge is 0.399 e. The quantitative estimate of drug-likeness (QED) is 0.803. The van der Waals surface area contributed by atoms with Gasteiger partial charge in [-0.15, -0.1) is 0 Å². The highest BCUT2D eigenvalue weighted by molar-refractivity contribution is 5.47. The van der Waals surface area contributed by atoms with Crippen LogP contribution in [0.1, 0.15) is 38.2 Å². The molecule has 1 aliphatic heterocycles. The molecule has 0 atom stereocenters. The van der Waals surface area contributed by atoms with Crippen molar-refractivity contribution in [3.63, 3.8) is 0 Å². The second kappa shape index (κ2) is 7.51. The van der Waals surface area contributed by atoms with E-state index in [1.54, 1.807) is 12.1 Å². The average molecular weight is 368 g/mol. The van der Waals surface area contributed by atoms with Crippen LogP contribution in [0.3, 0.4) is 0 Å². The maximum Gasteiger partial charge on any atom is 0.123 e. The van der Waals surface area contributed by atoms with Gasteiger partial charge >= 0.3 is 0 Å². The van der Waals surface area contributed by atoms with E-state index in [-0.39, 0.29) is 11.4 Å². The maximum absolute atomic E-state index is 13.2. The van der Waals surface area contributed by atoms with E-state index in [9.17, 15) is 4.39 Å². The second-order valence-corrected chi connectivity index (χ2v) is 8.29. The van der Waals surface area contributed by atoms with Crippen LogP contribution in [0.2, 0.25) is 0 Å². The van der Waals surface area contributed by atoms with Gasteiger partial charge in [0, 0.05) is 43.1 Å². The zero-order valence-electron chi connectivity index (χ0n) is 16.2. The Labute approximate surface area is 162 Å². The van der Waals surface area contributed by atoms with Crippen molar-refractivity contribution in [1.29, 1.82) is 0 Å². The lowest BCUT2D eigenvalue weighted by Crippen LogP contribution is -2.56. The van der Waals surface area contributed by atoms with E-state index in [1.807, 2.05) is 18.2 Å². The summed E-state index contributed by atoms with van der Waals surface area (Å²) in [5, 5.41) is 0. The van der Waals surface area contributed by atoms with Crippen LogP contribution >= 0.6 is 0 Å². The van der Waals surface area contributed by atoms with Crippen molar-refractivity contribution in [1.82, 2.24) is 4.90 Å². The number of hydrogen-bond acceptors (Lipinski definition) is 3. The summed E-state index contributed by atoms with van der Waals surface area (Å²) < 4.78 is 13.2. The van der Waals surface area contributed by atoms with Crippen molar-refractivity contribution in [2.75, 3.05) is 36.8 Å². The van der Waals surface area contributed by atoms with Crippen LogP contribution in [-0.4, -0.2) is 31.1 Å². The molecule has 2 fully saturated rings. The number of benzene rings is 2. The zero-order valence-corrected chi connectivity index (χ0v) is 16.2. The average Bonchev–Trinajstić information content (AvgIpc) is 2.70. The van der Waals surface area contributed by atoms with Gasteiger partial charge in [0.15, 0.2) is 0 Å².